The third kappa shape index (κ3) is 3.01. The van der Waals surface area contributed by atoms with Crippen molar-refractivity contribution in [2.45, 2.75) is 57.9 Å². The van der Waals surface area contributed by atoms with Gasteiger partial charge < -0.3 is 15.2 Å². The highest BCUT2D eigenvalue weighted by molar-refractivity contribution is 5.86. The van der Waals surface area contributed by atoms with Gasteiger partial charge in [-0.15, -0.1) is 0 Å². The predicted octanol–water partition coefficient (Wildman–Crippen LogP) is 3.72. The molecule has 3 heteroatoms. The van der Waals surface area contributed by atoms with E-state index in [1.54, 1.807) is 0 Å². The van der Waals surface area contributed by atoms with Crippen molar-refractivity contribution in [3.63, 3.8) is 0 Å². The molecule has 3 nitrogen and oxygen atoms in total. The van der Waals surface area contributed by atoms with Crippen LogP contribution in [0.2, 0.25) is 0 Å². The van der Waals surface area contributed by atoms with E-state index >= 15 is 0 Å². The molecule has 0 saturated carbocycles. The van der Waals surface area contributed by atoms with E-state index < -0.39 is 5.79 Å². The van der Waals surface area contributed by atoms with E-state index in [2.05, 4.69) is 56.4 Å². The van der Waals surface area contributed by atoms with Crippen molar-refractivity contribution in [1.82, 2.24) is 5.32 Å². The maximum Gasteiger partial charge on any atom is 0.208 e. The van der Waals surface area contributed by atoms with Gasteiger partial charge in [-0.1, -0.05) is 37.6 Å². The molecule has 0 amide bonds. The highest BCUT2D eigenvalue weighted by Crippen LogP contribution is 2.35. The SMILES string of the molecule is CCCc1cc(C2(O)OCC(C)(C)NC2C)cc2ccccc12. The number of ether oxygens (including phenoxy) is 1. The van der Waals surface area contributed by atoms with Gasteiger partial charge >= 0.3 is 0 Å². The summed E-state index contributed by atoms with van der Waals surface area (Å²) in [5.41, 5.74) is 1.99. The minimum absolute atomic E-state index is 0.130. The van der Waals surface area contributed by atoms with Crippen molar-refractivity contribution in [2.24, 2.45) is 0 Å². The molecule has 0 bridgehead atoms. The zero-order chi connectivity index (χ0) is 16.7. The summed E-state index contributed by atoms with van der Waals surface area (Å²) in [4.78, 5) is 0. The Kier molecular flexibility index (Phi) is 4.21. The van der Waals surface area contributed by atoms with Crippen LogP contribution in [-0.4, -0.2) is 23.3 Å². The summed E-state index contributed by atoms with van der Waals surface area (Å²) in [6, 6.07) is 12.4. The highest BCUT2D eigenvalue weighted by Gasteiger charge is 2.45. The second-order valence-electron chi connectivity index (χ2n) is 7.34. The average molecular weight is 313 g/mol. The van der Waals surface area contributed by atoms with Crippen LogP contribution >= 0.6 is 0 Å². The van der Waals surface area contributed by atoms with Crippen LogP contribution < -0.4 is 5.32 Å². The van der Waals surface area contributed by atoms with E-state index in [0.29, 0.717) is 6.61 Å². The largest absolute Gasteiger partial charge is 0.361 e. The summed E-state index contributed by atoms with van der Waals surface area (Å²) >= 11 is 0. The second-order valence-corrected chi connectivity index (χ2v) is 7.34. The van der Waals surface area contributed by atoms with Gasteiger partial charge in [0.2, 0.25) is 5.79 Å². The summed E-state index contributed by atoms with van der Waals surface area (Å²) in [5, 5.41) is 17.1. The van der Waals surface area contributed by atoms with Crippen LogP contribution in [-0.2, 0) is 16.9 Å². The topological polar surface area (TPSA) is 41.5 Å². The number of hydrogen-bond donors (Lipinski definition) is 2. The van der Waals surface area contributed by atoms with Crippen LogP contribution in [0.4, 0.5) is 0 Å². The third-order valence-corrected chi connectivity index (χ3v) is 4.73. The van der Waals surface area contributed by atoms with Crippen LogP contribution in [0.25, 0.3) is 10.8 Å². The standard InChI is InChI=1S/C20H27NO2/c1-5-8-15-11-17(12-16-9-6-7-10-18(15)16)20(22)14(2)21-19(3,4)13-23-20/h6-7,9-12,14,21-22H,5,8,13H2,1-4H3. The summed E-state index contributed by atoms with van der Waals surface area (Å²) in [5.74, 6) is -1.29. The quantitative estimate of drug-likeness (QED) is 0.907. The van der Waals surface area contributed by atoms with Gasteiger partial charge in [0.1, 0.15) is 0 Å². The zero-order valence-corrected chi connectivity index (χ0v) is 14.5. The summed E-state index contributed by atoms with van der Waals surface area (Å²) in [7, 11) is 0. The number of benzene rings is 2. The molecule has 2 atom stereocenters. The van der Waals surface area contributed by atoms with E-state index in [4.69, 9.17) is 4.74 Å². The maximum absolute atomic E-state index is 11.2. The third-order valence-electron chi connectivity index (χ3n) is 4.73. The number of hydrogen-bond acceptors (Lipinski definition) is 3. The zero-order valence-electron chi connectivity index (χ0n) is 14.5. The Morgan fingerprint density at radius 3 is 2.70 bits per heavy atom. The van der Waals surface area contributed by atoms with Gasteiger partial charge in [0.25, 0.3) is 0 Å². The average Bonchev–Trinajstić information content (AvgIpc) is 2.51. The number of morpholine rings is 1. The van der Waals surface area contributed by atoms with Crippen LogP contribution in [0.15, 0.2) is 36.4 Å². The molecule has 0 aliphatic carbocycles. The molecule has 1 aliphatic rings. The van der Waals surface area contributed by atoms with E-state index in [1.807, 2.05) is 13.0 Å². The molecule has 2 aromatic rings. The molecule has 1 aliphatic heterocycles. The predicted molar refractivity (Wildman–Crippen MR) is 94.5 cm³/mol. The Morgan fingerprint density at radius 2 is 2.00 bits per heavy atom. The van der Waals surface area contributed by atoms with Crippen LogP contribution in [0.1, 0.15) is 45.2 Å². The molecule has 1 heterocycles. The first-order valence-corrected chi connectivity index (χ1v) is 8.52. The lowest BCUT2D eigenvalue weighted by Crippen LogP contribution is -2.63. The molecule has 1 fully saturated rings. The van der Waals surface area contributed by atoms with Crippen molar-refractivity contribution >= 4 is 10.8 Å². The molecule has 1 saturated heterocycles. The minimum atomic E-state index is -1.29. The normalized spacial score (nSPS) is 27.3. The van der Waals surface area contributed by atoms with E-state index in [9.17, 15) is 5.11 Å². The van der Waals surface area contributed by atoms with Crippen LogP contribution in [0, 0.1) is 0 Å². The first-order valence-electron chi connectivity index (χ1n) is 8.52. The Bertz CT molecular complexity index is 710. The van der Waals surface area contributed by atoms with Gasteiger partial charge in [-0.05, 0) is 55.7 Å². The van der Waals surface area contributed by atoms with Gasteiger partial charge in [-0.25, -0.2) is 0 Å². The van der Waals surface area contributed by atoms with Gasteiger partial charge in [0, 0.05) is 11.1 Å². The second kappa shape index (κ2) is 5.90. The first kappa shape index (κ1) is 16.4. The molecule has 0 radical (unpaired) electrons. The van der Waals surface area contributed by atoms with Crippen molar-refractivity contribution in [3.8, 4) is 0 Å². The number of aliphatic hydroxyl groups is 1. The Morgan fingerprint density at radius 1 is 1.26 bits per heavy atom. The Hall–Kier alpha value is -1.42. The molecule has 23 heavy (non-hydrogen) atoms. The number of fused-ring (bicyclic) bond motifs is 1. The molecular formula is C20H27NO2. The molecular weight excluding hydrogens is 286 g/mol. The summed E-state index contributed by atoms with van der Waals surface area (Å²) in [6.45, 7) is 8.82. The molecule has 2 aromatic carbocycles. The first-order chi connectivity index (χ1) is 10.9. The molecule has 2 N–H and O–H groups in total. The van der Waals surface area contributed by atoms with Gasteiger partial charge in [-0.2, -0.15) is 0 Å². The molecule has 0 aromatic heterocycles. The van der Waals surface area contributed by atoms with E-state index in [-0.39, 0.29) is 11.6 Å². The number of rotatable bonds is 3. The minimum Gasteiger partial charge on any atom is -0.361 e. The van der Waals surface area contributed by atoms with Crippen molar-refractivity contribution in [2.75, 3.05) is 6.61 Å². The van der Waals surface area contributed by atoms with Crippen molar-refractivity contribution in [1.29, 1.82) is 0 Å². The van der Waals surface area contributed by atoms with Crippen LogP contribution in [0.3, 0.4) is 0 Å². The fraction of sp³-hybridized carbons (Fsp3) is 0.500. The van der Waals surface area contributed by atoms with E-state index in [0.717, 1.165) is 23.8 Å². The Labute approximate surface area is 138 Å². The molecule has 3 rings (SSSR count). The van der Waals surface area contributed by atoms with Crippen LogP contribution in [0.5, 0.6) is 0 Å². The van der Waals surface area contributed by atoms with Crippen molar-refractivity contribution in [3.05, 3.63) is 47.5 Å². The Balaban J connectivity index is 2.09. The maximum atomic E-state index is 11.2. The lowest BCUT2D eigenvalue weighted by molar-refractivity contribution is -0.263. The van der Waals surface area contributed by atoms with E-state index in [1.165, 1.54) is 10.9 Å². The smallest absolute Gasteiger partial charge is 0.208 e. The lowest BCUT2D eigenvalue weighted by atomic mass is 9.89. The fourth-order valence-corrected chi connectivity index (χ4v) is 3.55. The van der Waals surface area contributed by atoms with Crippen molar-refractivity contribution < 1.29 is 9.84 Å². The van der Waals surface area contributed by atoms with Gasteiger partial charge in [0.05, 0.1) is 12.6 Å². The summed E-state index contributed by atoms with van der Waals surface area (Å²) in [6.07, 6.45) is 2.07. The summed E-state index contributed by atoms with van der Waals surface area (Å²) < 4.78 is 5.95. The monoisotopic (exact) mass is 313 g/mol. The van der Waals surface area contributed by atoms with Gasteiger partial charge in [-0.3, -0.25) is 0 Å². The molecule has 0 spiro atoms. The molecule has 124 valence electrons. The molecule has 2 unspecified atom stereocenters. The fourth-order valence-electron chi connectivity index (χ4n) is 3.55. The van der Waals surface area contributed by atoms with Gasteiger partial charge in [0.15, 0.2) is 0 Å². The number of aryl methyl sites for hydroxylation is 1. The number of nitrogens with one attached hydrogen (secondary N) is 1. The lowest BCUT2D eigenvalue weighted by Gasteiger charge is -2.46. The highest BCUT2D eigenvalue weighted by atomic mass is 16.6.